The fourth-order valence-electron chi connectivity index (χ4n) is 2.52. The van der Waals surface area contributed by atoms with Crippen molar-refractivity contribution >= 4 is 12.0 Å². The highest BCUT2D eigenvalue weighted by Gasteiger charge is 2.47. The number of rotatable bonds is 2. The summed E-state index contributed by atoms with van der Waals surface area (Å²) in [5.41, 5.74) is 0.128. The second kappa shape index (κ2) is 5.83. The van der Waals surface area contributed by atoms with E-state index in [-0.39, 0.29) is 5.91 Å². The molecule has 0 aromatic heterocycles. The zero-order valence-corrected chi connectivity index (χ0v) is 13.4. The van der Waals surface area contributed by atoms with Gasteiger partial charge in [0.25, 0.3) is 5.91 Å². The lowest BCUT2D eigenvalue weighted by Crippen LogP contribution is -2.43. The fraction of sp³-hybridized carbons (Fsp3) is 0.412. The molecule has 1 aromatic rings. The molecule has 1 fully saturated rings. The topological polar surface area (TPSA) is 49.9 Å². The van der Waals surface area contributed by atoms with E-state index in [2.05, 4.69) is 6.58 Å². The van der Waals surface area contributed by atoms with Crippen LogP contribution in [0.3, 0.4) is 0 Å². The summed E-state index contributed by atoms with van der Waals surface area (Å²) in [4.78, 5) is 28.1. The van der Waals surface area contributed by atoms with Crippen LogP contribution in [-0.2, 0) is 9.53 Å². The minimum Gasteiger partial charge on any atom is -0.444 e. The van der Waals surface area contributed by atoms with Crippen molar-refractivity contribution in [3.8, 4) is 0 Å². The maximum absolute atomic E-state index is 12.6. The van der Waals surface area contributed by atoms with Crippen LogP contribution in [0, 0.1) is 0 Å². The molecule has 5 nitrogen and oxygen atoms in total. The highest BCUT2D eigenvalue weighted by Crippen LogP contribution is 2.34. The normalized spacial score (nSPS) is 21.9. The number of carbonyl (C=O) groups is 2. The first kappa shape index (κ1) is 16.1. The number of ether oxygens (including phenoxy) is 1. The molecule has 1 heterocycles. The molecule has 2 amide bonds. The average molecular weight is 302 g/mol. The molecule has 0 bridgehead atoms. The van der Waals surface area contributed by atoms with Gasteiger partial charge < -0.3 is 9.64 Å². The van der Waals surface area contributed by atoms with Crippen LogP contribution in [0.5, 0.6) is 0 Å². The molecular formula is C17H22N2O3. The lowest BCUT2D eigenvalue weighted by Gasteiger charge is -2.30. The summed E-state index contributed by atoms with van der Waals surface area (Å²) in [6.45, 7) is 9.14. The molecule has 22 heavy (non-hydrogen) atoms. The van der Waals surface area contributed by atoms with Gasteiger partial charge in [0.1, 0.15) is 17.8 Å². The van der Waals surface area contributed by atoms with Crippen LogP contribution in [0.2, 0.25) is 0 Å². The first-order chi connectivity index (χ1) is 10.3. The Morgan fingerprint density at radius 3 is 2.36 bits per heavy atom. The molecule has 0 radical (unpaired) electrons. The Morgan fingerprint density at radius 2 is 1.86 bits per heavy atom. The van der Waals surface area contributed by atoms with Gasteiger partial charge in [0.05, 0.1) is 0 Å². The predicted molar refractivity (Wildman–Crippen MR) is 84.0 cm³/mol. The van der Waals surface area contributed by atoms with E-state index in [4.69, 9.17) is 4.74 Å². The molecule has 0 saturated carbocycles. The molecule has 0 spiro atoms. The van der Waals surface area contributed by atoms with Crippen molar-refractivity contribution < 1.29 is 14.3 Å². The van der Waals surface area contributed by atoms with Crippen LogP contribution in [0.25, 0.3) is 0 Å². The van der Waals surface area contributed by atoms with Gasteiger partial charge in [0.15, 0.2) is 0 Å². The highest BCUT2D eigenvalue weighted by molar-refractivity contribution is 5.90. The van der Waals surface area contributed by atoms with E-state index in [9.17, 15) is 9.59 Å². The summed E-state index contributed by atoms with van der Waals surface area (Å²) in [7, 11) is 1.66. The van der Waals surface area contributed by atoms with Crippen LogP contribution < -0.4 is 0 Å². The average Bonchev–Trinajstić information content (AvgIpc) is 2.70. The van der Waals surface area contributed by atoms with Crippen molar-refractivity contribution in [2.24, 2.45) is 0 Å². The first-order valence-corrected chi connectivity index (χ1v) is 7.22. The molecule has 1 aliphatic rings. The molecule has 5 heteroatoms. The van der Waals surface area contributed by atoms with Gasteiger partial charge in [0, 0.05) is 7.05 Å². The molecule has 1 aromatic carbocycles. The SMILES string of the molecule is C=C[C@@H]1N(C)C(=O)[C@H](c2ccccc2)N1C(=O)OC(C)(C)C. The van der Waals surface area contributed by atoms with E-state index >= 15 is 0 Å². The Morgan fingerprint density at radius 1 is 1.27 bits per heavy atom. The van der Waals surface area contributed by atoms with Crippen molar-refractivity contribution in [2.45, 2.75) is 38.6 Å². The maximum atomic E-state index is 12.6. The van der Waals surface area contributed by atoms with Crippen molar-refractivity contribution in [3.63, 3.8) is 0 Å². The molecule has 0 N–H and O–H groups in total. The number of carbonyl (C=O) groups excluding carboxylic acids is 2. The third-order valence-corrected chi connectivity index (χ3v) is 3.47. The van der Waals surface area contributed by atoms with Gasteiger partial charge in [-0.25, -0.2) is 4.79 Å². The van der Waals surface area contributed by atoms with Crippen LogP contribution >= 0.6 is 0 Å². The van der Waals surface area contributed by atoms with Gasteiger partial charge in [-0.1, -0.05) is 36.9 Å². The Kier molecular flexibility index (Phi) is 4.26. The van der Waals surface area contributed by atoms with E-state index in [0.717, 1.165) is 5.56 Å². The summed E-state index contributed by atoms with van der Waals surface area (Å²) in [5, 5.41) is 0. The third-order valence-electron chi connectivity index (χ3n) is 3.47. The molecule has 0 unspecified atom stereocenters. The van der Waals surface area contributed by atoms with Gasteiger partial charge >= 0.3 is 6.09 Å². The number of benzene rings is 1. The predicted octanol–water partition coefficient (Wildman–Crippen LogP) is 2.95. The van der Waals surface area contributed by atoms with Crippen molar-refractivity contribution in [1.29, 1.82) is 0 Å². The fourth-order valence-corrected chi connectivity index (χ4v) is 2.52. The monoisotopic (exact) mass is 302 g/mol. The largest absolute Gasteiger partial charge is 0.444 e. The molecule has 118 valence electrons. The standard InChI is InChI=1S/C17H22N2O3/c1-6-13-18(5)15(20)14(12-10-8-7-9-11-12)19(13)16(21)22-17(2,3)4/h6-11,13-14H,1H2,2-5H3/t13-,14+/m1/s1. The summed E-state index contributed by atoms with van der Waals surface area (Å²) in [6, 6.07) is 8.53. The molecule has 0 aliphatic carbocycles. The van der Waals surface area contributed by atoms with Crippen molar-refractivity contribution in [1.82, 2.24) is 9.80 Å². The smallest absolute Gasteiger partial charge is 0.413 e. The summed E-state index contributed by atoms with van der Waals surface area (Å²) >= 11 is 0. The van der Waals surface area contributed by atoms with Gasteiger partial charge in [-0.2, -0.15) is 0 Å². The Hall–Kier alpha value is -2.30. The highest BCUT2D eigenvalue weighted by atomic mass is 16.6. The van der Waals surface area contributed by atoms with Crippen LogP contribution in [0.1, 0.15) is 32.4 Å². The maximum Gasteiger partial charge on any atom is 0.413 e. The zero-order chi connectivity index (χ0) is 16.5. The van der Waals surface area contributed by atoms with Crippen LogP contribution in [0.15, 0.2) is 43.0 Å². The minimum absolute atomic E-state index is 0.151. The number of amides is 2. The summed E-state index contributed by atoms with van der Waals surface area (Å²) in [6.07, 6.45) is 0.529. The van der Waals surface area contributed by atoms with Gasteiger partial charge in [-0.05, 0) is 32.4 Å². The number of hydrogen-bond acceptors (Lipinski definition) is 3. The third kappa shape index (κ3) is 2.98. The molecule has 1 saturated heterocycles. The van der Waals surface area contributed by atoms with Crippen LogP contribution in [-0.4, -0.2) is 40.6 Å². The van der Waals surface area contributed by atoms with E-state index in [1.54, 1.807) is 33.9 Å². The molecule has 2 rings (SSSR count). The molecule has 1 aliphatic heterocycles. The molecule has 2 atom stereocenters. The Bertz CT molecular complexity index is 577. The summed E-state index contributed by atoms with van der Waals surface area (Å²) < 4.78 is 5.46. The summed E-state index contributed by atoms with van der Waals surface area (Å²) in [5.74, 6) is -0.151. The van der Waals surface area contributed by atoms with Crippen molar-refractivity contribution in [2.75, 3.05) is 7.05 Å². The van der Waals surface area contributed by atoms with E-state index in [1.165, 1.54) is 9.80 Å². The van der Waals surface area contributed by atoms with E-state index < -0.39 is 23.9 Å². The first-order valence-electron chi connectivity index (χ1n) is 7.22. The second-order valence-electron chi connectivity index (χ2n) is 6.30. The Labute approximate surface area is 131 Å². The lowest BCUT2D eigenvalue weighted by atomic mass is 10.1. The van der Waals surface area contributed by atoms with Crippen LogP contribution in [0.4, 0.5) is 4.79 Å². The second-order valence-corrected chi connectivity index (χ2v) is 6.30. The van der Waals surface area contributed by atoms with Crippen molar-refractivity contribution in [3.05, 3.63) is 48.6 Å². The minimum atomic E-state index is -0.691. The van der Waals surface area contributed by atoms with E-state index in [1.807, 2.05) is 30.3 Å². The molecular weight excluding hydrogens is 280 g/mol. The number of likely N-dealkylation sites (N-methyl/N-ethyl adjacent to an activating group) is 1. The zero-order valence-electron chi connectivity index (χ0n) is 13.4. The number of nitrogens with zero attached hydrogens (tertiary/aromatic N) is 2. The Balaban J connectivity index is 2.42. The lowest BCUT2D eigenvalue weighted by molar-refractivity contribution is -0.128. The quantitative estimate of drug-likeness (QED) is 0.789. The van der Waals surface area contributed by atoms with Gasteiger partial charge in [-0.15, -0.1) is 0 Å². The van der Waals surface area contributed by atoms with Gasteiger partial charge in [0.2, 0.25) is 0 Å². The number of hydrogen-bond donors (Lipinski definition) is 0. The van der Waals surface area contributed by atoms with E-state index in [0.29, 0.717) is 0 Å². The van der Waals surface area contributed by atoms with Gasteiger partial charge in [-0.3, -0.25) is 9.69 Å².